The fraction of sp³-hybridized carbons (Fsp3) is 0.300. The summed E-state index contributed by atoms with van der Waals surface area (Å²) in [6.45, 7) is 3.32. The molecule has 1 atom stereocenters. The molecule has 0 aliphatic heterocycles. The van der Waals surface area contributed by atoms with Crippen LogP contribution in [0.4, 0.5) is 4.39 Å². The summed E-state index contributed by atoms with van der Waals surface area (Å²) in [7, 11) is 0. The van der Waals surface area contributed by atoms with Gasteiger partial charge in [0.25, 0.3) is 0 Å². The molecule has 0 fully saturated rings. The smallest absolute Gasteiger partial charge is 0.310 e. The summed E-state index contributed by atoms with van der Waals surface area (Å²) >= 11 is 0. The Morgan fingerprint density at radius 1 is 1.54 bits per heavy atom. The van der Waals surface area contributed by atoms with Gasteiger partial charge in [0.15, 0.2) is 0 Å². The second-order valence-electron chi connectivity index (χ2n) is 3.06. The molecule has 0 saturated carbocycles. The van der Waals surface area contributed by atoms with Crippen molar-refractivity contribution in [1.29, 1.82) is 0 Å². The van der Waals surface area contributed by atoms with Crippen LogP contribution in [0.15, 0.2) is 18.2 Å². The first-order valence-corrected chi connectivity index (χ1v) is 4.01. The Hall–Kier alpha value is -1.38. The maximum atomic E-state index is 12.8. The van der Waals surface area contributed by atoms with Crippen molar-refractivity contribution < 1.29 is 14.3 Å². The van der Waals surface area contributed by atoms with Crippen LogP contribution in [0.1, 0.15) is 24.0 Å². The average Bonchev–Trinajstić information content (AvgIpc) is 2.08. The number of carboxylic acid groups (broad SMARTS) is 1. The first kappa shape index (κ1) is 9.71. The molecule has 0 aliphatic carbocycles. The van der Waals surface area contributed by atoms with Crippen LogP contribution in [-0.4, -0.2) is 11.1 Å². The topological polar surface area (TPSA) is 37.3 Å². The van der Waals surface area contributed by atoms with Gasteiger partial charge in [0.2, 0.25) is 0 Å². The number of carboxylic acids is 1. The molecule has 0 radical (unpaired) electrons. The number of halogens is 1. The highest BCUT2D eigenvalue weighted by Crippen LogP contribution is 2.20. The molecule has 0 bridgehead atoms. The van der Waals surface area contributed by atoms with Crippen molar-refractivity contribution in [2.75, 3.05) is 0 Å². The van der Waals surface area contributed by atoms with E-state index < -0.39 is 17.7 Å². The number of hydrogen-bond donors (Lipinski definition) is 1. The van der Waals surface area contributed by atoms with Gasteiger partial charge in [0.1, 0.15) is 5.82 Å². The summed E-state index contributed by atoms with van der Waals surface area (Å²) in [6.07, 6.45) is 0. The first-order valence-electron chi connectivity index (χ1n) is 4.01. The van der Waals surface area contributed by atoms with Crippen LogP contribution in [0.5, 0.6) is 0 Å². The Labute approximate surface area is 76.0 Å². The maximum absolute atomic E-state index is 12.8. The summed E-state index contributed by atoms with van der Waals surface area (Å²) in [5.41, 5.74) is 1.34. The van der Waals surface area contributed by atoms with Gasteiger partial charge in [-0.25, -0.2) is 4.39 Å². The lowest BCUT2D eigenvalue weighted by Gasteiger charge is -2.09. The zero-order valence-electron chi connectivity index (χ0n) is 7.54. The third-order valence-electron chi connectivity index (χ3n) is 2.08. The van der Waals surface area contributed by atoms with Crippen LogP contribution < -0.4 is 0 Å². The van der Waals surface area contributed by atoms with Crippen molar-refractivity contribution in [2.24, 2.45) is 0 Å². The summed E-state index contributed by atoms with van der Waals surface area (Å²) in [4.78, 5) is 10.6. The van der Waals surface area contributed by atoms with Gasteiger partial charge in [0.05, 0.1) is 5.92 Å². The van der Waals surface area contributed by atoms with Crippen LogP contribution in [0.3, 0.4) is 0 Å². The molecule has 1 rings (SSSR count). The quantitative estimate of drug-likeness (QED) is 0.762. The van der Waals surface area contributed by atoms with Gasteiger partial charge >= 0.3 is 5.97 Å². The van der Waals surface area contributed by atoms with E-state index in [2.05, 4.69) is 0 Å². The van der Waals surface area contributed by atoms with Crippen molar-refractivity contribution in [2.45, 2.75) is 19.8 Å². The lowest BCUT2D eigenvalue weighted by Crippen LogP contribution is -2.09. The van der Waals surface area contributed by atoms with Crippen LogP contribution >= 0.6 is 0 Å². The summed E-state index contributed by atoms with van der Waals surface area (Å²) in [5, 5.41) is 8.73. The van der Waals surface area contributed by atoms with Crippen molar-refractivity contribution in [3.05, 3.63) is 35.1 Å². The fourth-order valence-corrected chi connectivity index (χ4v) is 1.21. The van der Waals surface area contributed by atoms with Gasteiger partial charge < -0.3 is 5.11 Å². The summed E-state index contributed by atoms with van der Waals surface area (Å²) in [6, 6.07) is 4.19. The molecule has 1 aromatic rings. The monoisotopic (exact) mass is 182 g/mol. The number of benzene rings is 1. The van der Waals surface area contributed by atoms with Crippen molar-refractivity contribution >= 4 is 5.97 Å². The minimum absolute atomic E-state index is 0.395. The summed E-state index contributed by atoms with van der Waals surface area (Å²) in [5.74, 6) is -1.99. The third kappa shape index (κ3) is 2.05. The van der Waals surface area contributed by atoms with E-state index in [1.54, 1.807) is 19.9 Å². The van der Waals surface area contributed by atoms with E-state index in [9.17, 15) is 9.18 Å². The minimum atomic E-state index is -0.936. The molecule has 70 valence electrons. The van der Waals surface area contributed by atoms with E-state index in [1.807, 2.05) is 0 Å². The minimum Gasteiger partial charge on any atom is -0.481 e. The number of aliphatic carboxylic acids is 1. The Morgan fingerprint density at radius 3 is 2.69 bits per heavy atom. The Kier molecular flexibility index (Phi) is 2.66. The molecule has 0 heterocycles. The molecule has 1 aromatic carbocycles. The lowest BCUT2D eigenvalue weighted by atomic mass is 9.96. The van der Waals surface area contributed by atoms with Crippen molar-refractivity contribution in [3.8, 4) is 0 Å². The van der Waals surface area contributed by atoms with Gasteiger partial charge in [-0.05, 0) is 37.1 Å². The van der Waals surface area contributed by atoms with E-state index in [-0.39, 0.29) is 0 Å². The number of hydrogen-bond acceptors (Lipinski definition) is 1. The van der Waals surface area contributed by atoms with Crippen LogP contribution in [0.25, 0.3) is 0 Å². The SMILES string of the molecule is Cc1ccc(F)cc1C(C)C(=O)O. The van der Waals surface area contributed by atoms with Gasteiger partial charge in [0, 0.05) is 0 Å². The molecule has 3 heteroatoms. The molecule has 13 heavy (non-hydrogen) atoms. The number of rotatable bonds is 2. The predicted molar refractivity (Wildman–Crippen MR) is 47.2 cm³/mol. The van der Waals surface area contributed by atoms with E-state index in [0.717, 1.165) is 5.56 Å². The second-order valence-corrected chi connectivity index (χ2v) is 3.06. The van der Waals surface area contributed by atoms with E-state index in [0.29, 0.717) is 5.56 Å². The molecule has 0 spiro atoms. The van der Waals surface area contributed by atoms with Crippen LogP contribution in [-0.2, 0) is 4.79 Å². The Morgan fingerprint density at radius 2 is 2.15 bits per heavy atom. The molecule has 0 aromatic heterocycles. The van der Waals surface area contributed by atoms with E-state index in [1.165, 1.54) is 12.1 Å². The molecule has 1 unspecified atom stereocenters. The van der Waals surface area contributed by atoms with Gasteiger partial charge in [-0.3, -0.25) is 4.79 Å². The summed E-state index contributed by atoms with van der Waals surface area (Å²) < 4.78 is 12.8. The predicted octanol–water partition coefficient (Wildman–Crippen LogP) is 2.32. The first-order chi connectivity index (χ1) is 6.02. The van der Waals surface area contributed by atoms with Crippen molar-refractivity contribution in [3.63, 3.8) is 0 Å². The van der Waals surface area contributed by atoms with Gasteiger partial charge in [-0.15, -0.1) is 0 Å². The van der Waals surface area contributed by atoms with Crippen LogP contribution in [0, 0.1) is 12.7 Å². The van der Waals surface area contributed by atoms with E-state index >= 15 is 0 Å². The molecule has 2 nitrogen and oxygen atoms in total. The largest absolute Gasteiger partial charge is 0.481 e. The molecule has 0 aliphatic rings. The van der Waals surface area contributed by atoms with E-state index in [4.69, 9.17) is 5.11 Å². The molecule has 0 amide bonds. The number of carbonyl (C=O) groups is 1. The highest BCUT2D eigenvalue weighted by Gasteiger charge is 2.15. The standard InChI is InChI=1S/C10H11FO2/c1-6-3-4-8(11)5-9(6)7(2)10(12)13/h3-5,7H,1-2H3,(H,12,13). The van der Waals surface area contributed by atoms with Gasteiger partial charge in [-0.2, -0.15) is 0 Å². The molecular weight excluding hydrogens is 171 g/mol. The van der Waals surface area contributed by atoms with Crippen LogP contribution in [0.2, 0.25) is 0 Å². The molecular formula is C10H11FO2. The average molecular weight is 182 g/mol. The fourth-order valence-electron chi connectivity index (χ4n) is 1.21. The molecule has 1 N–H and O–H groups in total. The highest BCUT2D eigenvalue weighted by molar-refractivity contribution is 5.76. The lowest BCUT2D eigenvalue weighted by molar-refractivity contribution is -0.138. The van der Waals surface area contributed by atoms with Gasteiger partial charge in [-0.1, -0.05) is 6.07 Å². The molecule has 0 saturated heterocycles. The zero-order chi connectivity index (χ0) is 10.0. The third-order valence-corrected chi connectivity index (χ3v) is 2.08. The zero-order valence-corrected chi connectivity index (χ0v) is 7.54. The Bertz CT molecular complexity index is 334. The normalized spacial score (nSPS) is 12.5. The number of aryl methyl sites for hydroxylation is 1. The second kappa shape index (κ2) is 3.56. The highest BCUT2D eigenvalue weighted by atomic mass is 19.1. The maximum Gasteiger partial charge on any atom is 0.310 e. The Balaban J connectivity index is 3.12. The van der Waals surface area contributed by atoms with Crippen molar-refractivity contribution in [1.82, 2.24) is 0 Å².